The molecular weight excluding hydrogens is 178 g/mol. The number of nitrogens with zero attached hydrogens (tertiary/aromatic N) is 2. The first kappa shape index (κ1) is 10.7. The van der Waals surface area contributed by atoms with E-state index < -0.39 is 0 Å². The van der Waals surface area contributed by atoms with Crippen LogP contribution in [0.5, 0.6) is 0 Å². The molecule has 76 valence electrons. The Morgan fingerprint density at radius 3 is 2.71 bits per heavy atom. The molecule has 0 fully saturated rings. The van der Waals surface area contributed by atoms with Crippen LogP contribution in [0.15, 0.2) is 24.5 Å². The van der Waals surface area contributed by atoms with Crippen molar-refractivity contribution in [2.24, 2.45) is 5.84 Å². The Hall–Kier alpha value is -1.42. The summed E-state index contributed by atoms with van der Waals surface area (Å²) in [7, 11) is 1.56. The summed E-state index contributed by atoms with van der Waals surface area (Å²) in [5.74, 6) is 5.26. The molecule has 0 aliphatic carbocycles. The summed E-state index contributed by atoms with van der Waals surface area (Å²) in [5, 5.41) is 1.13. The molecule has 1 aromatic heterocycles. The lowest BCUT2D eigenvalue weighted by Gasteiger charge is -2.08. The summed E-state index contributed by atoms with van der Waals surface area (Å²) in [6, 6.07) is 3.91. The second kappa shape index (κ2) is 5.34. The molecule has 1 aromatic rings. The van der Waals surface area contributed by atoms with Gasteiger partial charge >= 0.3 is 0 Å². The summed E-state index contributed by atoms with van der Waals surface area (Å²) < 4.78 is 0. The molecule has 0 unspecified atom stereocenters. The van der Waals surface area contributed by atoms with Crippen LogP contribution in [0.25, 0.3) is 0 Å². The molecule has 0 saturated carbocycles. The van der Waals surface area contributed by atoms with Crippen molar-refractivity contribution >= 4 is 5.91 Å². The predicted octanol–water partition coefficient (Wildman–Crippen LogP) is 0.736. The number of nitrogens with two attached hydrogens (primary N) is 1. The van der Waals surface area contributed by atoms with Crippen LogP contribution in [0.2, 0.25) is 0 Å². The zero-order chi connectivity index (χ0) is 10.4. The van der Waals surface area contributed by atoms with E-state index in [-0.39, 0.29) is 5.91 Å². The van der Waals surface area contributed by atoms with Crippen LogP contribution in [0.1, 0.15) is 18.4 Å². The highest BCUT2D eigenvalue weighted by Gasteiger charge is 2.03. The molecule has 1 heterocycles. The quantitative estimate of drug-likeness (QED) is 0.436. The maximum atomic E-state index is 11.1. The van der Waals surface area contributed by atoms with Gasteiger partial charge in [0.1, 0.15) is 0 Å². The Kier molecular flexibility index (Phi) is 4.07. The molecule has 0 aliphatic rings. The summed E-state index contributed by atoms with van der Waals surface area (Å²) in [6.45, 7) is 0. The molecule has 2 N–H and O–H groups in total. The van der Waals surface area contributed by atoms with Gasteiger partial charge in [0, 0.05) is 25.9 Å². The fourth-order valence-electron chi connectivity index (χ4n) is 1.17. The third-order valence-corrected chi connectivity index (χ3v) is 2.00. The van der Waals surface area contributed by atoms with Crippen molar-refractivity contribution in [3.8, 4) is 0 Å². The van der Waals surface area contributed by atoms with Gasteiger partial charge < -0.3 is 0 Å². The van der Waals surface area contributed by atoms with Crippen LogP contribution in [0.3, 0.4) is 0 Å². The number of rotatable bonds is 4. The second-order valence-corrected chi connectivity index (χ2v) is 3.21. The second-order valence-electron chi connectivity index (χ2n) is 3.21. The standard InChI is InChI=1S/C10H15N3O/c1-13(11)10(14)4-2-3-9-5-7-12-8-6-9/h5-8H,2-4,11H2,1H3. The van der Waals surface area contributed by atoms with Gasteiger partial charge in [-0.05, 0) is 30.5 Å². The van der Waals surface area contributed by atoms with Gasteiger partial charge in [0.2, 0.25) is 5.91 Å². The first-order valence-electron chi connectivity index (χ1n) is 4.60. The van der Waals surface area contributed by atoms with Gasteiger partial charge in [-0.3, -0.25) is 14.8 Å². The zero-order valence-electron chi connectivity index (χ0n) is 8.31. The third-order valence-electron chi connectivity index (χ3n) is 2.00. The van der Waals surface area contributed by atoms with E-state index in [1.807, 2.05) is 12.1 Å². The van der Waals surface area contributed by atoms with Gasteiger partial charge in [0.15, 0.2) is 0 Å². The summed E-state index contributed by atoms with van der Waals surface area (Å²) in [4.78, 5) is 15.0. The molecule has 0 bridgehead atoms. The van der Waals surface area contributed by atoms with Crippen LogP contribution >= 0.6 is 0 Å². The SMILES string of the molecule is CN(N)C(=O)CCCc1ccncc1. The van der Waals surface area contributed by atoms with E-state index in [9.17, 15) is 4.79 Å². The topological polar surface area (TPSA) is 59.2 Å². The number of carbonyl (C=O) groups is 1. The number of amides is 1. The minimum atomic E-state index is -0.0287. The van der Waals surface area contributed by atoms with E-state index in [1.165, 1.54) is 5.56 Å². The van der Waals surface area contributed by atoms with Gasteiger partial charge in [-0.25, -0.2) is 5.84 Å². The molecule has 1 amide bonds. The fourth-order valence-corrected chi connectivity index (χ4v) is 1.17. The summed E-state index contributed by atoms with van der Waals surface area (Å²) in [6.07, 6.45) is 5.72. The van der Waals surface area contributed by atoms with Crippen molar-refractivity contribution in [3.05, 3.63) is 30.1 Å². The highest BCUT2D eigenvalue weighted by molar-refractivity contribution is 5.75. The first-order valence-corrected chi connectivity index (χ1v) is 4.60. The van der Waals surface area contributed by atoms with Crippen molar-refractivity contribution in [2.75, 3.05) is 7.05 Å². The van der Waals surface area contributed by atoms with E-state index in [1.54, 1.807) is 19.4 Å². The maximum absolute atomic E-state index is 11.1. The van der Waals surface area contributed by atoms with Gasteiger partial charge in [0.25, 0.3) is 0 Å². The normalized spacial score (nSPS) is 9.86. The molecule has 0 aliphatic heterocycles. The molecule has 0 aromatic carbocycles. The monoisotopic (exact) mass is 193 g/mol. The highest BCUT2D eigenvalue weighted by atomic mass is 16.2. The molecule has 0 saturated heterocycles. The van der Waals surface area contributed by atoms with Crippen molar-refractivity contribution in [1.82, 2.24) is 9.99 Å². The Balaban J connectivity index is 2.26. The van der Waals surface area contributed by atoms with E-state index >= 15 is 0 Å². The fraction of sp³-hybridized carbons (Fsp3) is 0.400. The third kappa shape index (κ3) is 3.53. The molecular formula is C10H15N3O. The molecule has 0 atom stereocenters. The van der Waals surface area contributed by atoms with Gasteiger partial charge in [-0.1, -0.05) is 0 Å². The number of pyridine rings is 1. The van der Waals surface area contributed by atoms with Crippen LogP contribution in [-0.2, 0) is 11.2 Å². The molecule has 1 rings (SSSR count). The molecule has 0 spiro atoms. The minimum absolute atomic E-state index is 0.0287. The van der Waals surface area contributed by atoms with Crippen molar-refractivity contribution in [3.63, 3.8) is 0 Å². The Morgan fingerprint density at radius 1 is 1.50 bits per heavy atom. The van der Waals surface area contributed by atoms with Gasteiger partial charge in [-0.2, -0.15) is 0 Å². The van der Waals surface area contributed by atoms with Crippen LogP contribution in [0.4, 0.5) is 0 Å². The first-order chi connectivity index (χ1) is 6.70. The molecule has 14 heavy (non-hydrogen) atoms. The van der Waals surface area contributed by atoms with Crippen LogP contribution < -0.4 is 5.84 Å². The number of hydrogen-bond donors (Lipinski definition) is 1. The van der Waals surface area contributed by atoms with Gasteiger partial charge in [0.05, 0.1) is 0 Å². The Morgan fingerprint density at radius 2 is 2.14 bits per heavy atom. The maximum Gasteiger partial charge on any atom is 0.236 e. The Labute approximate surface area is 83.7 Å². The van der Waals surface area contributed by atoms with Crippen molar-refractivity contribution < 1.29 is 4.79 Å². The molecule has 4 nitrogen and oxygen atoms in total. The number of aryl methyl sites for hydroxylation is 1. The number of hydrogen-bond acceptors (Lipinski definition) is 3. The number of carbonyl (C=O) groups excluding carboxylic acids is 1. The van der Waals surface area contributed by atoms with Crippen LogP contribution in [0, 0.1) is 0 Å². The van der Waals surface area contributed by atoms with Crippen LogP contribution in [-0.4, -0.2) is 22.9 Å². The largest absolute Gasteiger partial charge is 0.284 e. The molecule has 0 radical (unpaired) electrons. The smallest absolute Gasteiger partial charge is 0.236 e. The van der Waals surface area contributed by atoms with E-state index in [2.05, 4.69) is 4.98 Å². The van der Waals surface area contributed by atoms with Crippen molar-refractivity contribution in [1.29, 1.82) is 0 Å². The number of aromatic nitrogens is 1. The van der Waals surface area contributed by atoms with E-state index in [0.29, 0.717) is 6.42 Å². The molecule has 4 heteroatoms. The lowest BCUT2D eigenvalue weighted by molar-refractivity contribution is -0.130. The number of hydrazine groups is 1. The predicted molar refractivity (Wildman–Crippen MR) is 54.1 cm³/mol. The van der Waals surface area contributed by atoms with E-state index in [0.717, 1.165) is 17.9 Å². The minimum Gasteiger partial charge on any atom is -0.284 e. The van der Waals surface area contributed by atoms with Gasteiger partial charge in [-0.15, -0.1) is 0 Å². The highest BCUT2D eigenvalue weighted by Crippen LogP contribution is 2.03. The zero-order valence-corrected chi connectivity index (χ0v) is 8.31. The lowest BCUT2D eigenvalue weighted by atomic mass is 10.1. The van der Waals surface area contributed by atoms with Crippen molar-refractivity contribution in [2.45, 2.75) is 19.3 Å². The summed E-state index contributed by atoms with van der Waals surface area (Å²) >= 11 is 0. The average Bonchev–Trinajstić information content (AvgIpc) is 2.19. The Bertz CT molecular complexity index is 285. The lowest BCUT2D eigenvalue weighted by Crippen LogP contribution is -2.32. The average molecular weight is 193 g/mol. The van der Waals surface area contributed by atoms with E-state index in [4.69, 9.17) is 5.84 Å². The summed E-state index contributed by atoms with van der Waals surface area (Å²) in [5.41, 5.74) is 1.20.